The van der Waals surface area contributed by atoms with Crippen molar-refractivity contribution < 1.29 is 19.8 Å². The third-order valence-electron chi connectivity index (χ3n) is 0.813. The van der Waals surface area contributed by atoms with Crippen LogP contribution in [0.4, 0.5) is 0 Å². The van der Waals surface area contributed by atoms with Crippen LogP contribution < -0.4 is 10.2 Å². The molecule has 80 valence electrons. The average molecular weight is 238 g/mol. The largest absolute Gasteiger partial charge is 2.00 e. The van der Waals surface area contributed by atoms with E-state index in [-0.39, 0.29) is 60.8 Å². The third kappa shape index (κ3) is 31.6. The van der Waals surface area contributed by atoms with Gasteiger partial charge in [0.1, 0.15) is 0 Å². The van der Waals surface area contributed by atoms with Crippen LogP contribution in [0, 0.1) is 0 Å². The fraction of sp³-hybridized carbons (Fsp3) is 0.400. The Labute approximate surface area is 120 Å². The minimum absolute atomic E-state index is 0. The van der Waals surface area contributed by atoms with Crippen molar-refractivity contribution in [2.75, 3.05) is 0 Å². The van der Waals surface area contributed by atoms with Crippen LogP contribution in [-0.2, 0) is 9.59 Å². The van der Waals surface area contributed by atoms with Gasteiger partial charge in [-0.1, -0.05) is 13.8 Å². The number of carbonyl (C=O) groups excluding carboxylic acids is 2. The number of hydrogen-bond acceptors (Lipinski definition) is 4. The van der Waals surface area contributed by atoms with Gasteiger partial charge in [-0.25, -0.2) is 0 Å². The maximum atomic E-state index is 9.98. The molecule has 0 atom stereocenters. The van der Waals surface area contributed by atoms with Crippen LogP contribution in [0.1, 0.15) is 27.7 Å². The quantitative estimate of drug-likeness (QED) is 0.362. The minimum atomic E-state index is -0.187. The number of carbonyl (C=O) groups is 2. The summed E-state index contributed by atoms with van der Waals surface area (Å²) in [5.74, 6) is -0.750. The van der Waals surface area contributed by atoms with E-state index in [9.17, 15) is 19.8 Å². The maximum Gasteiger partial charge on any atom is 2.00 e. The molecule has 4 nitrogen and oxygen atoms in total. The van der Waals surface area contributed by atoms with Crippen molar-refractivity contribution in [1.29, 1.82) is 0 Å². The van der Waals surface area contributed by atoms with Gasteiger partial charge in [-0.2, -0.15) is 0 Å². The molecule has 0 saturated carbocycles. The number of rotatable bonds is 2. The summed E-state index contributed by atoms with van der Waals surface area (Å²) >= 11 is 0. The second-order valence-corrected chi connectivity index (χ2v) is 2.73. The zero-order chi connectivity index (χ0) is 11.7. The smallest absolute Gasteiger partial charge is 0.876 e. The van der Waals surface area contributed by atoms with Gasteiger partial charge >= 0.3 is 37.7 Å². The van der Waals surface area contributed by atoms with Gasteiger partial charge in [0, 0.05) is 0 Å². The molecule has 0 aromatic rings. The summed E-state index contributed by atoms with van der Waals surface area (Å²) < 4.78 is 0. The average Bonchev–Trinajstić information content (AvgIpc) is 1.79. The van der Waals surface area contributed by atoms with Crippen LogP contribution in [0.25, 0.3) is 0 Å². The molecule has 0 saturated heterocycles. The van der Waals surface area contributed by atoms with E-state index in [1.54, 1.807) is 0 Å². The Hall–Kier alpha value is -0.320. The fourth-order valence-corrected chi connectivity index (χ4v) is 0.572. The van der Waals surface area contributed by atoms with E-state index in [0.717, 1.165) is 12.2 Å². The van der Waals surface area contributed by atoms with E-state index < -0.39 is 0 Å². The molecule has 0 bridgehead atoms. The van der Waals surface area contributed by atoms with E-state index >= 15 is 0 Å². The van der Waals surface area contributed by atoms with Crippen molar-refractivity contribution in [1.82, 2.24) is 0 Å². The van der Waals surface area contributed by atoms with Gasteiger partial charge in [0.15, 0.2) is 11.6 Å². The van der Waals surface area contributed by atoms with Gasteiger partial charge in [-0.05, 0) is 26.0 Å². The van der Waals surface area contributed by atoms with Crippen LogP contribution >= 0.6 is 0 Å². The zero-order valence-corrected chi connectivity index (χ0v) is 11.7. The molecule has 0 aliphatic heterocycles. The van der Waals surface area contributed by atoms with Gasteiger partial charge in [0.2, 0.25) is 0 Å². The molecule has 0 unspecified atom stereocenters. The first-order chi connectivity index (χ1) is 6.25. The second kappa shape index (κ2) is 11.8. The van der Waals surface area contributed by atoms with Crippen LogP contribution in [0.5, 0.6) is 0 Å². The van der Waals surface area contributed by atoms with Crippen LogP contribution in [0.15, 0.2) is 23.7 Å². The minimum Gasteiger partial charge on any atom is -0.876 e. The Morgan fingerprint density at radius 2 is 1.00 bits per heavy atom. The number of ketones is 2. The van der Waals surface area contributed by atoms with Crippen molar-refractivity contribution in [3.8, 4) is 0 Å². The van der Waals surface area contributed by atoms with Gasteiger partial charge in [0.25, 0.3) is 0 Å². The van der Waals surface area contributed by atoms with Gasteiger partial charge < -0.3 is 10.2 Å². The van der Waals surface area contributed by atoms with Gasteiger partial charge in [-0.15, -0.1) is 11.5 Å². The molecule has 0 spiro atoms. The predicted octanol–water partition coefficient (Wildman–Crippen LogP) is -0.702. The molecule has 0 heterocycles. The van der Waals surface area contributed by atoms with Crippen LogP contribution in [0.3, 0.4) is 0 Å². The summed E-state index contributed by atoms with van der Waals surface area (Å²) in [5, 5.41) is 20.0. The topological polar surface area (TPSA) is 80.3 Å². The maximum absolute atomic E-state index is 9.98. The molecule has 0 aliphatic rings. The van der Waals surface area contributed by atoms with E-state index in [1.807, 2.05) is 0 Å². The zero-order valence-electron chi connectivity index (χ0n) is 9.49. The van der Waals surface area contributed by atoms with E-state index in [0.29, 0.717) is 0 Å². The molecule has 0 radical (unpaired) electrons. The Kier molecular flexibility index (Phi) is 15.8. The number of hydrogen-bond donors (Lipinski definition) is 0. The first-order valence-electron chi connectivity index (χ1n) is 3.97. The molecule has 0 rings (SSSR count). The summed E-state index contributed by atoms with van der Waals surface area (Å²) in [6, 6.07) is 0. The molecule has 15 heavy (non-hydrogen) atoms. The Morgan fingerprint density at radius 3 is 1.00 bits per heavy atom. The summed E-state index contributed by atoms with van der Waals surface area (Å²) in [6.45, 7) is 5.39. The van der Waals surface area contributed by atoms with E-state index in [4.69, 9.17) is 0 Å². The molecule has 5 heteroatoms. The van der Waals surface area contributed by atoms with E-state index in [1.165, 1.54) is 27.7 Å². The molecular weight excluding hydrogens is 224 g/mol. The summed E-state index contributed by atoms with van der Waals surface area (Å²) in [6.07, 6.45) is 2.11. The molecule has 0 N–H and O–H groups in total. The number of allylic oxidation sites excluding steroid dienone is 4. The second-order valence-electron chi connectivity index (χ2n) is 2.73. The van der Waals surface area contributed by atoms with Crippen molar-refractivity contribution in [3.05, 3.63) is 23.7 Å². The SMILES string of the molecule is CC(=O)/C=C(/C)[O-].CC(=O)/C=C(\C)[O-].[Ca+2]. The van der Waals surface area contributed by atoms with Crippen molar-refractivity contribution >= 4 is 49.3 Å². The first-order valence-corrected chi connectivity index (χ1v) is 3.97. The van der Waals surface area contributed by atoms with Gasteiger partial charge in [-0.3, -0.25) is 9.59 Å². The normalized spacial score (nSPS) is 10.7. The Morgan fingerprint density at radius 1 is 0.800 bits per heavy atom. The summed E-state index contributed by atoms with van der Waals surface area (Å²) in [7, 11) is 0. The van der Waals surface area contributed by atoms with Crippen molar-refractivity contribution in [3.63, 3.8) is 0 Å². The molecule has 0 fully saturated rings. The van der Waals surface area contributed by atoms with Crippen molar-refractivity contribution in [2.45, 2.75) is 27.7 Å². The molecule has 0 aromatic heterocycles. The standard InChI is InChI=1S/2C5H8O2.Ca/c2*1-4(6)3-5(2)7;/h2*3,6H,1-2H3;/q;;+2/p-2/b4-3+;4-3-;. The third-order valence-corrected chi connectivity index (χ3v) is 0.813. The summed E-state index contributed by atoms with van der Waals surface area (Å²) in [5.41, 5.74) is 0. The monoisotopic (exact) mass is 238 g/mol. The molecular formula is C10H14CaO4. The molecule has 0 aromatic carbocycles. The molecule has 0 amide bonds. The van der Waals surface area contributed by atoms with Crippen LogP contribution in [0.2, 0.25) is 0 Å². The molecule has 0 aliphatic carbocycles. The fourth-order valence-electron chi connectivity index (χ4n) is 0.572. The van der Waals surface area contributed by atoms with E-state index in [2.05, 4.69) is 0 Å². The Balaban J connectivity index is -0.000000180. The first kappa shape index (κ1) is 20.1. The predicted molar refractivity (Wildman–Crippen MR) is 54.6 cm³/mol. The van der Waals surface area contributed by atoms with Crippen molar-refractivity contribution in [2.24, 2.45) is 0 Å². The Bertz CT molecular complexity index is 231. The summed E-state index contributed by atoms with van der Waals surface area (Å²) in [4.78, 5) is 20.0. The van der Waals surface area contributed by atoms with Gasteiger partial charge in [0.05, 0.1) is 0 Å². The van der Waals surface area contributed by atoms with Crippen LogP contribution in [-0.4, -0.2) is 49.3 Å².